The van der Waals surface area contributed by atoms with Crippen LogP contribution in [-0.2, 0) is 6.42 Å². The standard InChI is InChI=1S/C8H7ClFN.ClH/c9-7-4-6(10)3-5-1-2-11-8(5)7;/h3-4,11H,1-2H2;1H. The van der Waals surface area contributed by atoms with Crippen molar-refractivity contribution in [3.63, 3.8) is 0 Å². The van der Waals surface area contributed by atoms with E-state index in [2.05, 4.69) is 5.32 Å². The summed E-state index contributed by atoms with van der Waals surface area (Å²) in [6, 6.07) is 2.86. The molecule has 0 atom stereocenters. The number of halogens is 3. The molecule has 1 aromatic rings. The number of anilines is 1. The Balaban J connectivity index is 0.000000720. The molecule has 1 N–H and O–H groups in total. The summed E-state index contributed by atoms with van der Waals surface area (Å²) in [6.07, 6.45) is 0.868. The van der Waals surface area contributed by atoms with Gasteiger partial charge in [0, 0.05) is 6.54 Å². The second kappa shape index (κ2) is 3.50. The van der Waals surface area contributed by atoms with E-state index in [0.29, 0.717) is 5.02 Å². The lowest BCUT2D eigenvalue weighted by atomic mass is 10.2. The monoisotopic (exact) mass is 207 g/mol. The van der Waals surface area contributed by atoms with Crippen molar-refractivity contribution >= 4 is 29.7 Å². The van der Waals surface area contributed by atoms with Crippen LogP contribution in [0.3, 0.4) is 0 Å². The molecule has 2 rings (SSSR count). The lowest BCUT2D eigenvalue weighted by Gasteiger charge is -2.01. The Hall–Kier alpha value is -0.470. The van der Waals surface area contributed by atoms with Gasteiger partial charge in [-0.15, -0.1) is 12.4 Å². The number of nitrogens with one attached hydrogen (secondary N) is 1. The molecule has 0 aliphatic carbocycles. The van der Waals surface area contributed by atoms with Crippen LogP contribution in [0.1, 0.15) is 5.56 Å². The van der Waals surface area contributed by atoms with Crippen LogP contribution >= 0.6 is 24.0 Å². The first kappa shape index (κ1) is 9.62. The minimum absolute atomic E-state index is 0. The Kier molecular flexibility index (Phi) is 2.80. The molecule has 1 aliphatic rings. The Bertz CT molecular complexity index is 301. The number of fused-ring (bicyclic) bond motifs is 1. The summed E-state index contributed by atoms with van der Waals surface area (Å²) in [7, 11) is 0. The molecule has 1 aromatic carbocycles. The molecule has 0 radical (unpaired) electrons. The average molecular weight is 208 g/mol. The Morgan fingerprint density at radius 2 is 2.17 bits per heavy atom. The van der Waals surface area contributed by atoms with Crippen LogP contribution in [0.25, 0.3) is 0 Å². The van der Waals surface area contributed by atoms with Crippen molar-refractivity contribution in [2.75, 3.05) is 11.9 Å². The average Bonchev–Trinajstić information content (AvgIpc) is 2.34. The van der Waals surface area contributed by atoms with Crippen molar-refractivity contribution in [2.45, 2.75) is 6.42 Å². The minimum atomic E-state index is -0.252. The molecule has 0 saturated carbocycles. The van der Waals surface area contributed by atoms with Crippen molar-refractivity contribution in [1.82, 2.24) is 0 Å². The van der Waals surface area contributed by atoms with E-state index in [9.17, 15) is 4.39 Å². The second-order valence-electron chi connectivity index (χ2n) is 2.60. The predicted octanol–water partition coefficient (Wildman–Crippen LogP) is 2.87. The normalized spacial score (nSPS) is 13.2. The highest BCUT2D eigenvalue weighted by molar-refractivity contribution is 6.33. The molecular formula is C8H8Cl2FN. The van der Waals surface area contributed by atoms with E-state index in [0.717, 1.165) is 24.2 Å². The number of hydrogen-bond donors (Lipinski definition) is 1. The molecule has 1 heterocycles. The van der Waals surface area contributed by atoms with Crippen LogP contribution < -0.4 is 5.32 Å². The second-order valence-corrected chi connectivity index (χ2v) is 3.01. The molecule has 0 amide bonds. The van der Waals surface area contributed by atoms with Gasteiger partial charge in [-0.25, -0.2) is 4.39 Å². The van der Waals surface area contributed by atoms with Gasteiger partial charge in [-0.05, 0) is 24.1 Å². The summed E-state index contributed by atoms with van der Waals surface area (Å²) in [6.45, 7) is 0.860. The SMILES string of the molecule is Cl.Fc1cc(Cl)c2c(c1)CCN2. The van der Waals surface area contributed by atoms with Gasteiger partial charge in [0.15, 0.2) is 0 Å². The largest absolute Gasteiger partial charge is 0.383 e. The van der Waals surface area contributed by atoms with E-state index in [4.69, 9.17) is 11.6 Å². The molecule has 1 nitrogen and oxygen atoms in total. The first-order chi connectivity index (χ1) is 5.27. The van der Waals surface area contributed by atoms with Gasteiger partial charge >= 0.3 is 0 Å². The highest BCUT2D eigenvalue weighted by atomic mass is 35.5. The summed E-state index contributed by atoms with van der Waals surface area (Å²) < 4.78 is 12.7. The summed E-state index contributed by atoms with van der Waals surface area (Å²) in [5, 5.41) is 3.58. The maximum Gasteiger partial charge on any atom is 0.125 e. The smallest absolute Gasteiger partial charge is 0.125 e. The summed E-state index contributed by atoms with van der Waals surface area (Å²) >= 11 is 5.77. The van der Waals surface area contributed by atoms with Gasteiger partial charge < -0.3 is 5.32 Å². The quantitative estimate of drug-likeness (QED) is 0.691. The minimum Gasteiger partial charge on any atom is -0.383 e. The van der Waals surface area contributed by atoms with Crippen LogP contribution in [-0.4, -0.2) is 6.54 Å². The molecule has 4 heteroatoms. The van der Waals surface area contributed by atoms with Crippen LogP contribution in [0.2, 0.25) is 5.02 Å². The first-order valence-corrected chi connectivity index (χ1v) is 3.87. The zero-order valence-electron chi connectivity index (χ0n) is 6.23. The fourth-order valence-electron chi connectivity index (χ4n) is 1.34. The lowest BCUT2D eigenvalue weighted by molar-refractivity contribution is 0.626. The Morgan fingerprint density at radius 1 is 1.42 bits per heavy atom. The van der Waals surface area contributed by atoms with Crippen molar-refractivity contribution in [1.29, 1.82) is 0 Å². The summed E-state index contributed by atoms with van der Waals surface area (Å²) in [5.41, 5.74) is 1.88. The number of benzene rings is 1. The summed E-state index contributed by atoms with van der Waals surface area (Å²) in [4.78, 5) is 0. The highest BCUT2D eigenvalue weighted by Gasteiger charge is 2.14. The van der Waals surface area contributed by atoms with Crippen molar-refractivity contribution in [2.24, 2.45) is 0 Å². The molecule has 0 aromatic heterocycles. The molecule has 66 valence electrons. The molecule has 0 fully saturated rings. The van der Waals surface area contributed by atoms with Crippen LogP contribution in [0.15, 0.2) is 12.1 Å². The van der Waals surface area contributed by atoms with Gasteiger partial charge in [-0.1, -0.05) is 11.6 Å². The third kappa shape index (κ3) is 1.50. The van der Waals surface area contributed by atoms with Gasteiger partial charge in [0.05, 0.1) is 10.7 Å². The first-order valence-electron chi connectivity index (χ1n) is 3.49. The van der Waals surface area contributed by atoms with Gasteiger partial charge in [-0.3, -0.25) is 0 Å². The Labute approximate surface area is 81.3 Å². The zero-order chi connectivity index (χ0) is 7.84. The highest BCUT2D eigenvalue weighted by Crippen LogP contribution is 2.31. The van der Waals surface area contributed by atoms with E-state index >= 15 is 0 Å². The number of hydrogen-bond acceptors (Lipinski definition) is 1. The fourth-order valence-corrected chi connectivity index (χ4v) is 1.64. The molecule has 0 unspecified atom stereocenters. The lowest BCUT2D eigenvalue weighted by Crippen LogP contribution is -1.91. The third-order valence-electron chi connectivity index (χ3n) is 1.83. The molecule has 0 bridgehead atoms. The van der Waals surface area contributed by atoms with Crippen LogP contribution in [0.5, 0.6) is 0 Å². The van der Waals surface area contributed by atoms with Gasteiger partial charge in [0.1, 0.15) is 5.82 Å². The molecular weight excluding hydrogens is 200 g/mol. The van der Waals surface area contributed by atoms with E-state index in [-0.39, 0.29) is 18.2 Å². The van der Waals surface area contributed by atoms with E-state index in [1.807, 2.05) is 0 Å². The maximum atomic E-state index is 12.7. The van der Waals surface area contributed by atoms with Crippen LogP contribution in [0, 0.1) is 5.82 Å². The van der Waals surface area contributed by atoms with Crippen LogP contribution in [0.4, 0.5) is 10.1 Å². The predicted molar refractivity (Wildman–Crippen MR) is 50.9 cm³/mol. The molecule has 1 aliphatic heterocycles. The molecule has 0 spiro atoms. The Morgan fingerprint density at radius 3 is 2.92 bits per heavy atom. The van der Waals surface area contributed by atoms with Gasteiger partial charge in [0.25, 0.3) is 0 Å². The third-order valence-corrected chi connectivity index (χ3v) is 2.13. The van der Waals surface area contributed by atoms with E-state index in [1.165, 1.54) is 12.1 Å². The van der Waals surface area contributed by atoms with E-state index in [1.54, 1.807) is 0 Å². The van der Waals surface area contributed by atoms with Crippen molar-refractivity contribution in [3.8, 4) is 0 Å². The van der Waals surface area contributed by atoms with Gasteiger partial charge in [0.2, 0.25) is 0 Å². The maximum absolute atomic E-state index is 12.7. The summed E-state index contributed by atoms with van der Waals surface area (Å²) in [5.74, 6) is -0.252. The number of rotatable bonds is 0. The molecule has 12 heavy (non-hydrogen) atoms. The zero-order valence-corrected chi connectivity index (χ0v) is 7.81. The van der Waals surface area contributed by atoms with Crippen molar-refractivity contribution < 1.29 is 4.39 Å². The molecule has 0 saturated heterocycles. The van der Waals surface area contributed by atoms with Gasteiger partial charge in [-0.2, -0.15) is 0 Å². The topological polar surface area (TPSA) is 12.0 Å². The fraction of sp³-hybridized carbons (Fsp3) is 0.250. The van der Waals surface area contributed by atoms with Crippen molar-refractivity contribution in [3.05, 3.63) is 28.5 Å². The van der Waals surface area contributed by atoms with E-state index < -0.39 is 0 Å².